The fourth-order valence-electron chi connectivity index (χ4n) is 4.99. The number of likely N-dealkylation sites (tertiary alicyclic amines) is 1. The van der Waals surface area contributed by atoms with Gasteiger partial charge in [0.05, 0.1) is 18.8 Å². The SMILES string of the molecule is CC(C)(CO)c1ccc(C(O)CCCN2CCC(OC(c3ccccc3)c3ccccc3)CC2)cc1. The van der Waals surface area contributed by atoms with Crippen LogP contribution in [0.5, 0.6) is 0 Å². The predicted molar refractivity (Wildman–Crippen MR) is 146 cm³/mol. The number of hydrogen-bond acceptors (Lipinski definition) is 4. The predicted octanol–water partition coefficient (Wildman–Crippen LogP) is 6.04. The second kappa shape index (κ2) is 12.6. The van der Waals surface area contributed by atoms with Gasteiger partial charge in [-0.1, -0.05) is 98.8 Å². The van der Waals surface area contributed by atoms with Crippen LogP contribution in [0.1, 0.15) is 74.0 Å². The number of piperidine rings is 1. The highest BCUT2D eigenvalue weighted by Crippen LogP contribution is 2.30. The molecular formula is C32H41NO3. The number of benzene rings is 3. The highest BCUT2D eigenvalue weighted by Gasteiger charge is 2.25. The third kappa shape index (κ3) is 7.04. The monoisotopic (exact) mass is 487 g/mol. The summed E-state index contributed by atoms with van der Waals surface area (Å²) >= 11 is 0. The van der Waals surface area contributed by atoms with Crippen molar-refractivity contribution in [2.75, 3.05) is 26.2 Å². The van der Waals surface area contributed by atoms with Gasteiger partial charge in [-0.2, -0.15) is 0 Å². The van der Waals surface area contributed by atoms with Crippen molar-refractivity contribution in [1.29, 1.82) is 0 Å². The zero-order valence-corrected chi connectivity index (χ0v) is 21.7. The van der Waals surface area contributed by atoms with E-state index in [-0.39, 0.29) is 24.2 Å². The Morgan fingerprint density at radius 1 is 0.833 bits per heavy atom. The van der Waals surface area contributed by atoms with Crippen molar-refractivity contribution >= 4 is 0 Å². The van der Waals surface area contributed by atoms with Crippen molar-refractivity contribution < 1.29 is 14.9 Å². The van der Waals surface area contributed by atoms with Gasteiger partial charge in [0.15, 0.2) is 0 Å². The van der Waals surface area contributed by atoms with Gasteiger partial charge in [0.1, 0.15) is 6.10 Å². The average Bonchev–Trinajstić information content (AvgIpc) is 2.93. The molecule has 3 aromatic rings. The van der Waals surface area contributed by atoms with E-state index in [1.54, 1.807) is 0 Å². The zero-order chi connectivity index (χ0) is 25.4. The van der Waals surface area contributed by atoms with Crippen molar-refractivity contribution in [3.63, 3.8) is 0 Å². The number of rotatable bonds is 11. The normalized spacial score (nSPS) is 16.4. The summed E-state index contributed by atoms with van der Waals surface area (Å²) in [5, 5.41) is 20.2. The number of hydrogen-bond donors (Lipinski definition) is 2. The molecule has 192 valence electrons. The van der Waals surface area contributed by atoms with Crippen molar-refractivity contribution in [2.24, 2.45) is 0 Å². The molecule has 1 atom stereocenters. The summed E-state index contributed by atoms with van der Waals surface area (Å²) in [7, 11) is 0. The Hall–Kier alpha value is -2.50. The summed E-state index contributed by atoms with van der Waals surface area (Å²) in [5.41, 5.74) is 4.18. The second-order valence-electron chi connectivity index (χ2n) is 10.7. The van der Waals surface area contributed by atoms with E-state index in [0.29, 0.717) is 0 Å². The lowest BCUT2D eigenvalue weighted by molar-refractivity contribution is -0.0274. The van der Waals surface area contributed by atoms with Crippen LogP contribution in [-0.2, 0) is 10.2 Å². The molecule has 1 saturated heterocycles. The molecule has 1 heterocycles. The Morgan fingerprint density at radius 2 is 1.39 bits per heavy atom. The molecule has 0 amide bonds. The van der Waals surface area contributed by atoms with E-state index in [4.69, 9.17) is 4.74 Å². The van der Waals surface area contributed by atoms with Crippen LogP contribution in [-0.4, -0.2) is 47.5 Å². The first-order valence-electron chi connectivity index (χ1n) is 13.3. The molecule has 0 saturated carbocycles. The molecule has 0 radical (unpaired) electrons. The lowest BCUT2D eigenvalue weighted by Crippen LogP contribution is -2.38. The maximum absolute atomic E-state index is 10.7. The zero-order valence-electron chi connectivity index (χ0n) is 21.7. The molecule has 3 aromatic carbocycles. The van der Waals surface area contributed by atoms with E-state index in [9.17, 15) is 10.2 Å². The largest absolute Gasteiger partial charge is 0.395 e. The summed E-state index contributed by atoms with van der Waals surface area (Å²) in [4.78, 5) is 2.50. The van der Waals surface area contributed by atoms with Gasteiger partial charge < -0.3 is 19.8 Å². The van der Waals surface area contributed by atoms with Crippen LogP contribution in [0.4, 0.5) is 0 Å². The van der Waals surface area contributed by atoms with Gasteiger partial charge in [-0.05, 0) is 54.5 Å². The Labute approximate surface area is 216 Å². The fraction of sp³-hybridized carbons (Fsp3) is 0.438. The molecule has 1 unspecified atom stereocenters. The first-order chi connectivity index (χ1) is 17.5. The summed E-state index contributed by atoms with van der Waals surface area (Å²) in [6.07, 6.45) is 3.54. The smallest absolute Gasteiger partial charge is 0.108 e. The molecule has 4 heteroatoms. The quantitative estimate of drug-likeness (QED) is 0.346. The van der Waals surface area contributed by atoms with Gasteiger partial charge in [0.25, 0.3) is 0 Å². The van der Waals surface area contributed by atoms with Gasteiger partial charge in [-0.3, -0.25) is 0 Å². The van der Waals surface area contributed by atoms with Crippen LogP contribution >= 0.6 is 0 Å². The average molecular weight is 488 g/mol. The molecule has 0 bridgehead atoms. The first kappa shape index (κ1) is 26.6. The van der Waals surface area contributed by atoms with Crippen molar-refractivity contribution in [3.05, 3.63) is 107 Å². The summed E-state index contributed by atoms with van der Waals surface area (Å²) in [6, 6.07) is 29.1. The molecule has 36 heavy (non-hydrogen) atoms. The summed E-state index contributed by atoms with van der Waals surface area (Å²) in [6.45, 7) is 7.21. The van der Waals surface area contributed by atoms with E-state index >= 15 is 0 Å². The maximum atomic E-state index is 10.7. The Bertz CT molecular complexity index is 989. The van der Waals surface area contributed by atoms with E-state index in [1.165, 1.54) is 11.1 Å². The van der Waals surface area contributed by atoms with E-state index in [1.807, 2.05) is 50.2 Å². The molecular weight excluding hydrogens is 446 g/mol. The molecule has 0 aromatic heterocycles. The summed E-state index contributed by atoms with van der Waals surface area (Å²) < 4.78 is 6.67. The highest BCUT2D eigenvalue weighted by molar-refractivity contribution is 5.30. The van der Waals surface area contributed by atoms with E-state index in [2.05, 4.69) is 53.4 Å². The van der Waals surface area contributed by atoms with Gasteiger partial charge in [0.2, 0.25) is 0 Å². The molecule has 1 aliphatic rings. The molecule has 1 fully saturated rings. The topological polar surface area (TPSA) is 52.9 Å². The van der Waals surface area contributed by atoms with Crippen LogP contribution in [0.3, 0.4) is 0 Å². The lowest BCUT2D eigenvalue weighted by Gasteiger charge is -2.34. The standard InChI is InChI=1S/C32H41NO3/c1-32(2,24-34)28-17-15-25(16-18-28)30(35)14-9-21-33-22-19-29(20-23-33)36-31(26-10-5-3-6-11-26)27-12-7-4-8-13-27/h3-8,10-13,15-18,29-31,34-35H,9,14,19-24H2,1-2H3. The fourth-order valence-corrected chi connectivity index (χ4v) is 4.99. The molecule has 0 aliphatic carbocycles. The van der Waals surface area contributed by atoms with E-state index in [0.717, 1.165) is 56.4 Å². The molecule has 1 aliphatic heterocycles. The third-order valence-corrected chi connectivity index (χ3v) is 7.49. The number of aliphatic hydroxyl groups is 2. The lowest BCUT2D eigenvalue weighted by atomic mass is 9.85. The maximum Gasteiger partial charge on any atom is 0.108 e. The minimum absolute atomic E-state index is 0.0339. The highest BCUT2D eigenvalue weighted by atomic mass is 16.5. The summed E-state index contributed by atoms with van der Waals surface area (Å²) in [5.74, 6) is 0. The van der Waals surface area contributed by atoms with Crippen molar-refractivity contribution in [2.45, 2.75) is 63.3 Å². The van der Waals surface area contributed by atoms with Gasteiger partial charge in [0, 0.05) is 18.5 Å². The first-order valence-corrected chi connectivity index (χ1v) is 13.3. The molecule has 0 spiro atoms. The van der Waals surface area contributed by atoms with Crippen molar-refractivity contribution in [3.8, 4) is 0 Å². The van der Waals surface area contributed by atoms with Crippen LogP contribution in [0.15, 0.2) is 84.9 Å². The number of nitrogens with zero attached hydrogens (tertiary/aromatic N) is 1. The van der Waals surface area contributed by atoms with Gasteiger partial charge in [-0.15, -0.1) is 0 Å². The van der Waals surface area contributed by atoms with Crippen LogP contribution in [0.25, 0.3) is 0 Å². The molecule has 2 N–H and O–H groups in total. The molecule has 4 rings (SSSR count). The number of aliphatic hydroxyl groups excluding tert-OH is 2. The Balaban J connectivity index is 1.23. The Morgan fingerprint density at radius 3 is 1.92 bits per heavy atom. The minimum atomic E-state index is -0.449. The Kier molecular flexibility index (Phi) is 9.33. The van der Waals surface area contributed by atoms with Crippen LogP contribution < -0.4 is 0 Å². The van der Waals surface area contributed by atoms with E-state index < -0.39 is 6.10 Å². The molecule has 4 nitrogen and oxygen atoms in total. The van der Waals surface area contributed by atoms with Crippen LogP contribution in [0, 0.1) is 0 Å². The minimum Gasteiger partial charge on any atom is -0.395 e. The number of ether oxygens (including phenoxy) is 1. The van der Waals surface area contributed by atoms with Gasteiger partial charge >= 0.3 is 0 Å². The third-order valence-electron chi connectivity index (χ3n) is 7.49. The second-order valence-corrected chi connectivity index (χ2v) is 10.7. The van der Waals surface area contributed by atoms with Crippen LogP contribution in [0.2, 0.25) is 0 Å². The van der Waals surface area contributed by atoms with Gasteiger partial charge in [-0.25, -0.2) is 0 Å². The van der Waals surface area contributed by atoms with Crippen molar-refractivity contribution in [1.82, 2.24) is 4.90 Å².